The van der Waals surface area contributed by atoms with Crippen molar-refractivity contribution >= 4 is 5.91 Å². The number of aliphatic hydroxyl groups is 1. The third-order valence-corrected chi connectivity index (χ3v) is 4.42. The van der Waals surface area contributed by atoms with Crippen molar-refractivity contribution in [3.8, 4) is 0 Å². The van der Waals surface area contributed by atoms with Gasteiger partial charge in [0.1, 0.15) is 0 Å². The lowest BCUT2D eigenvalue weighted by atomic mass is 9.91. The van der Waals surface area contributed by atoms with E-state index in [0.717, 1.165) is 50.8 Å². The first-order valence-corrected chi connectivity index (χ1v) is 7.54. The maximum atomic E-state index is 12.5. The number of rotatable bonds is 2. The molecule has 0 saturated heterocycles. The molecule has 1 amide bonds. The van der Waals surface area contributed by atoms with E-state index >= 15 is 0 Å². The Bertz CT molecular complexity index is 493. The van der Waals surface area contributed by atoms with Crippen LogP contribution in [-0.2, 0) is 13.0 Å². The summed E-state index contributed by atoms with van der Waals surface area (Å²) in [4.78, 5) is 12.5. The average molecular weight is 274 g/mol. The zero-order chi connectivity index (χ0) is 13.9. The Balaban J connectivity index is 1.71. The summed E-state index contributed by atoms with van der Waals surface area (Å²) in [7, 11) is 0. The van der Waals surface area contributed by atoms with Crippen molar-refractivity contribution in [2.75, 3.05) is 6.54 Å². The number of benzene rings is 1. The highest BCUT2D eigenvalue weighted by atomic mass is 16.3. The molecule has 0 bridgehead atoms. The lowest BCUT2D eigenvalue weighted by Crippen LogP contribution is -2.39. The monoisotopic (exact) mass is 274 g/mol. The van der Waals surface area contributed by atoms with Gasteiger partial charge in [-0.3, -0.25) is 4.79 Å². The fraction of sp³-hybridized carbons (Fsp3) is 0.562. The second-order valence-corrected chi connectivity index (χ2v) is 5.85. The van der Waals surface area contributed by atoms with Crippen molar-refractivity contribution in [3.05, 3.63) is 34.9 Å². The van der Waals surface area contributed by atoms with Crippen LogP contribution in [-0.4, -0.2) is 29.7 Å². The molecule has 0 spiro atoms. The van der Waals surface area contributed by atoms with E-state index in [1.165, 1.54) is 11.1 Å². The Hall–Kier alpha value is -1.39. The number of nitrogens with one attached hydrogen (secondary N) is 2. The van der Waals surface area contributed by atoms with E-state index in [-0.39, 0.29) is 18.1 Å². The Morgan fingerprint density at radius 3 is 2.85 bits per heavy atom. The molecule has 108 valence electrons. The molecule has 0 radical (unpaired) electrons. The summed E-state index contributed by atoms with van der Waals surface area (Å²) in [6.45, 7) is 1.79. The van der Waals surface area contributed by atoms with Crippen LogP contribution in [0, 0.1) is 0 Å². The summed E-state index contributed by atoms with van der Waals surface area (Å²) in [5.74, 6) is 0.0464. The minimum absolute atomic E-state index is 0.0464. The molecule has 4 nitrogen and oxygen atoms in total. The third-order valence-electron chi connectivity index (χ3n) is 4.42. The van der Waals surface area contributed by atoms with Crippen LogP contribution in [0.1, 0.15) is 47.2 Å². The zero-order valence-electron chi connectivity index (χ0n) is 11.7. The summed E-state index contributed by atoms with van der Waals surface area (Å²) >= 11 is 0. The number of amides is 1. The van der Waals surface area contributed by atoms with Crippen LogP contribution < -0.4 is 10.6 Å². The molecule has 2 aliphatic rings. The topological polar surface area (TPSA) is 61.4 Å². The summed E-state index contributed by atoms with van der Waals surface area (Å²) in [5.41, 5.74) is 3.26. The first-order chi connectivity index (χ1) is 9.74. The van der Waals surface area contributed by atoms with E-state index in [1.54, 1.807) is 0 Å². The van der Waals surface area contributed by atoms with E-state index < -0.39 is 0 Å². The molecule has 1 aromatic carbocycles. The largest absolute Gasteiger partial charge is 0.393 e. The number of aliphatic hydroxyl groups excluding tert-OH is 1. The minimum atomic E-state index is -0.182. The third kappa shape index (κ3) is 2.86. The molecular formula is C16H22N2O2. The second-order valence-electron chi connectivity index (χ2n) is 5.85. The first kappa shape index (κ1) is 13.6. The van der Waals surface area contributed by atoms with Gasteiger partial charge in [-0.05, 0) is 55.8 Å². The van der Waals surface area contributed by atoms with Crippen molar-refractivity contribution in [2.24, 2.45) is 0 Å². The summed E-state index contributed by atoms with van der Waals surface area (Å²) in [5, 5.41) is 16.0. The van der Waals surface area contributed by atoms with Gasteiger partial charge in [-0.1, -0.05) is 12.1 Å². The molecule has 3 rings (SSSR count). The van der Waals surface area contributed by atoms with E-state index in [1.807, 2.05) is 12.1 Å². The lowest BCUT2D eigenvalue weighted by Gasteiger charge is -2.27. The van der Waals surface area contributed by atoms with Crippen LogP contribution in [0.3, 0.4) is 0 Å². The normalized spacial score (nSPS) is 25.9. The minimum Gasteiger partial charge on any atom is -0.393 e. The predicted molar refractivity (Wildman–Crippen MR) is 77.6 cm³/mol. The summed E-state index contributed by atoms with van der Waals surface area (Å²) in [6, 6.07) is 6.20. The van der Waals surface area contributed by atoms with Crippen molar-refractivity contribution < 1.29 is 9.90 Å². The number of fused-ring (bicyclic) bond motifs is 1. The Labute approximate surface area is 119 Å². The van der Waals surface area contributed by atoms with Crippen LogP contribution in [0.15, 0.2) is 18.2 Å². The van der Waals surface area contributed by atoms with Crippen molar-refractivity contribution in [1.29, 1.82) is 0 Å². The SMILES string of the molecule is O=C(NC1CCC(O)CC1)c1cccc2c1CCNC2. The van der Waals surface area contributed by atoms with E-state index in [9.17, 15) is 9.90 Å². The van der Waals surface area contributed by atoms with Gasteiger partial charge in [0.05, 0.1) is 6.10 Å². The second kappa shape index (κ2) is 5.94. The number of hydrogen-bond donors (Lipinski definition) is 3. The maximum absolute atomic E-state index is 12.5. The molecule has 1 aliphatic heterocycles. The Morgan fingerprint density at radius 2 is 2.05 bits per heavy atom. The molecule has 3 N–H and O–H groups in total. The lowest BCUT2D eigenvalue weighted by molar-refractivity contribution is 0.0866. The molecule has 0 unspecified atom stereocenters. The highest BCUT2D eigenvalue weighted by Gasteiger charge is 2.23. The van der Waals surface area contributed by atoms with Gasteiger partial charge >= 0.3 is 0 Å². The molecule has 20 heavy (non-hydrogen) atoms. The highest BCUT2D eigenvalue weighted by Crippen LogP contribution is 2.21. The molecular weight excluding hydrogens is 252 g/mol. The number of carbonyl (C=O) groups excluding carboxylic acids is 1. The van der Waals surface area contributed by atoms with Crippen LogP contribution in [0.4, 0.5) is 0 Å². The fourth-order valence-corrected chi connectivity index (χ4v) is 3.23. The quantitative estimate of drug-likeness (QED) is 0.763. The summed E-state index contributed by atoms with van der Waals surface area (Å²) in [6.07, 6.45) is 4.08. The zero-order valence-corrected chi connectivity index (χ0v) is 11.7. The van der Waals surface area contributed by atoms with Crippen LogP contribution in [0.2, 0.25) is 0 Å². The molecule has 1 heterocycles. The maximum Gasteiger partial charge on any atom is 0.251 e. The molecule has 4 heteroatoms. The Morgan fingerprint density at radius 1 is 1.25 bits per heavy atom. The van der Waals surface area contributed by atoms with Gasteiger partial charge in [0.15, 0.2) is 0 Å². The van der Waals surface area contributed by atoms with E-state index in [4.69, 9.17) is 0 Å². The van der Waals surface area contributed by atoms with Gasteiger partial charge in [0, 0.05) is 18.2 Å². The van der Waals surface area contributed by atoms with Crippen molar-refractivity contribution in [3.63, 3.8) is 0 Å². The standard InChI is InChI=1S/C16H22N2O2/c19-13-6-4-12(5-7-13)18-16(20)15-3-1-2-11-10-17-9-8-14(11)15/h1-3,12-13,17,19H,4-10H2,(H,18,20). The van der Waals surface area contributed by atoms with Crippen molar-refractivity contribution in [2.45, 2.75) is 50.8 Å². The molecule has 0 atom stereocenters. The smallest absolute Gasteiger partial charge is 0.251 e. The van der Waals surface area contributed by atoms with Crippen LogP contribution in [0.25, 0.3) is 0 Å². The van der Waals surface area contributed by atoms with Gasteiger partial charge in [0.25, 0.3) is 5.91 Å². The Kier molecular flexibility index (Phi) is 4.03. The van der Waals surface area contributed by atoms with Gasteiger partial charge < -0.3 is 15.7 Å². The molecule has 0 aromatic heterocycles. The fourth-order valence-electron chi connectivity index (χ4n) is 3.23. The molecule has 1 aliphatic carbocycles. The van der Waals surface area contributed by atoms with Crippen molar-refractivity contribution in [1.82, 2.24) is 10.6 Å². The van der Waals surface area contributed by atoms with Gasteiger partial charge in [0.2, 0.25) is 0 Å². The van der Waals surface area contributed by atoms with Gasteiger partial charge in [-0.15, -0.1) is 0 Å². The highest BCUT2D eigenvalue weighted by molar-refractivity contribution is 5.96. The number of hydrogen-bond acceptors (Lipinski definition) is 3. The van der Waals surface area contributed by atoms with E-state index in [0.29, 0.717) is 0 Å². The van der Waals surface area contributed by atoms with E-state index in [2.05, 4.69) is 16.7 Å². The molecule has 1 fully saturated rings. The molecule has 1 aromatic rings. The van der Waals surface area contributed by atoms with Gasteiger partial charge in [-0.2, -0.15) is 0 Å². The number of carbonyl (C=O) groups is 1. The first-order valence-electron chi connectivity index (χ1n) is 7.54. The van der Waals surface area contributed by atoms with Crippen LogP contribution in [0.5, 0.6) is 0 Å². The average Bonchev–Trinajstić information content (AvgIpc) is 2.49. The summed E-state index contributed by atoms with van der Waals surface area (Å²) < 4.78 is 0. The van der Waals surface area contributed by atoms with Gasteiger partial charge in [-0.25, -0.2) is 0 Å². The van der Waals surface area contributed by atoms with Crippen LogP contribution >= 0.6 is 0 Å². The predicted octanol–water partition coefficient (Wildman–Crippen LogP) is 1.37. The molecule has 1 saturated carbocycles.